The highest BCUT2D eigenvalue weighted by molar-refractivity contribution is 6.31. The van der Waals surface area contributed by atoms with E-state index in [-0.39, 0.29) is 11.7 Å². The lowest BCUT2D eigenvalue weighted by molar-refractivity contribution is 0.0994. The number of nitrogens with two attached hydrogens (primary N) is 1. The minimum absolute atomic E-state index is 0.225. The van der Waals surface area contributed by atoms with Gasteiger partial charge in [0.15, 0.2) is 5.76 Å². The molecule has 1 aliphatic rings. The number of hydrogen-bond donors (Lipinski definition) is 3. The van der Waals surface area contributed by atoms with Crippen molar-refractivity contribution >= 4 is 34.9 Å². The van der Waals surface area contributed by atoms with Crippen LogP contribution in [0.15, 0.2) is 27.7 Å². The minimum atomic E-state index is -0.736. The standard InChI is InChI=1S/C18H19ClN4O3/c1-9-6-7-11(19)8-13(9)21-17(24)16-10(2)15-12(22-23-18(20)25)4-3-5-14(15)26-16/h6-8H,3-5H2,1-2H3,(H,21,24)(H3,20,23,25)/b22-12+. The molecule has 1 aromatic carbocycles. The van der Waals surface area contributed by atoms with Gasteiger partial charge >= 0.3 is 6.03 Å². The lowest BCUT2D eigenvalue weighted by Gasteiger charge is -2.13. The molecule has 0 radical (unpaired) electrons. The maximum absolute atomic E-state index is 12.7. The van der Waals surface area contributed by atoms with E-state index in [4.69, 9.17) is 21.8 Å². The minimum Gasteiger partial charge on any atom is -0.455 e. The van der Waals surface area contributed by atoms with Crippen molar-refractivity contribution in [1.29, 1.82) is 0 Å². The fourth-order valence-electron chi connectivity index (χ4n) is 3.03. The van der Waals surface area contributed by atoms with Crippen molar-refractivity contribution in [2.45, 2.75) is 33.1 Å². The second-order valence-corrected chi connectivity index (χ2v) is 6.59. The van der Waals surface area contributed by atoms with Gasteiger partial charge in [0, 0.05) is 28.3 Å². The van der Waals surface area contributed by atoms with Crippen LogP contribution in [0.2, 0.25) is 5.02 Å². The Bertz CT molecular complexity index is 917. The van der Waals surface area contributed by atoms with E-state index in [1.807, 2.05) is 13.0 Å². The number of urea groups is 1. The third-order valence-corrected chi connectivity index (χ3v) is 4.52. The Hall–Kier alpha value is -2.80. The third-order valence-electron chi connectivity index (χ3n) is 4.28. The lowest BCUT2D eigenvalue weighted by Crippen LogP contribution is -2.27. The van der Waals surface area contributed by atoms with E-state index >= 15 is 0 Å². The molecule has 7 nitrogen and oxygen atoms in total. The zero-order chi connectivity index (χ0) is 18.8. The zero-order valence-electron chi connectivity index (χ0n) is 14.5. The fraction of sp³-hybridized carbons (Fsp3) is 0.278. The number of halogens is 1. The number of aryl methyl sites for hydroxylation is 2. The van der Waals surface area contributed by atoms with Crippen LogP contribution in [-0.2, 0) is 6.42 Å². The normalized spacial score (nSPS) is 14.8. The third kappa shape index (κ3) is 3.57. The summed E-state index contributed by atoms with van der Waals surface area (Å²) < 4.78 is 5.81. The summed E-state index contributed by atoms with van der Waals surface area (Å²) in [4.78, 5) is 23.6. The SMILES string of the molecule is Cc1ccc(Cl)cc1NC(=O)c1oc2c(c1C)/C(=N/NC(N)=O)CCC2. The summed E-state index contributed by atoms with van der Waals surface area (Å²) in [5.41, 5.74) is 10.9. The largest absolute Gasteiger partial charge is 0.455 e. The molecule has 0 saturated carbocycles. The monoisotopic (exact) mass is 374 g/mol. The molecular weight excluding hydrogens is 356 g/mol. The molecule has 8 heteroatoms. The zero-order valence-corrected chi connectivity index (χ0v) is 15.2. The number of anilines is 1. The molecular formula is C18H19ClN4O3. The molecule has 136 valence electrons. The Balaban J connectivity index is 1.92. The van der Waals surface area contributed by atoms with Crippen LogP contribution < -0.4 is 16.5 Å². The second-order valence-electron chi connectivity index (χ2n) is 6.16. The molecule has 0 aliphatic heterocycles. The van der Waals surface area contributed by atoms with E-state index in [9.17, 15) is 9.59 Å². The van der Waals surface area contributed by atoms with E-state index in [2.05, 4.69) is 15.8 Å². The second kappa shape index (κ2) is 7.21. The number of benzene rings is 1. The molecule has 4 N–H and O–H groups in total. The van der Waals surface area contributed by atoms with Crippen molar-refractivity contribution in [2.75, 3.05) is 5.32 Å². The summed E-state index contributed by atoms with van der Waals surface area (Å²) in [7, 11) is 0. The first-order valence-electron chi connectivity index (χ1n) is 8.19. The number of hydrogen-bond acceptors (Lipinski definition) is 4. The highest BCUT2D eigenvalue weighted by atomic mass is 35.5. The number of hydrazone groups is 1. The Morgan fingerprint density at radius 1 is 1.27 bits per heavy atom. The summed E-state index contributed by atoms with van der Waals surface area (Å²) in [5.74, 6) is 0.555. The number of furan rings is 1. The number of amides is 3. The van der Waals surface area contributed by atoms with Gasteiger partial charge in [0.05, 0.1) is 5.71 Å². The molecule has 0 unspecified atom stereocenters. The molecule has 2 aromatic rings. The van der Waals surface area contributed by atoms with Crippen LogP contribution in [0.4, 0.5) is 10.5 Å². The Kier molecular flexibility index (Phi) is 4.99. The number of carbonyl (C=O) groups is 2. The van der Waals surface area contributed by atoms with Crippen LogP contribution in [0.3, 0.4) is 0 Å². The maximum atomic E-state index is 12.7. The van der Waals surface area contributed by atoms with Crippen molar-refractivity contribution in [3.8, 4) is 0 Å². The fourth-order valence-corrected chi connectivity index (χ4v) is 3.20. The summed E-state index contributed by atoms with van der Waals surface area (Å²) in [6, 6.07) is 4.55. The van der Waals surface area contributed by atoms with Crippen LogP contribution in [0.5, 0.6) is 0 Å². The van der Waals surface area contributed by atoms with Gasteiger partial charge in [-0.15, -0.1) is 0 Å². The van der Waals surface area contributed by atoms with E-state index < -0.39 is 6.03 Å². The first-order chi connectivity index (χ1) is 12.4. The van der Waals surface area contributed by atoms with Gasteiger partial charge in [-0.25, -0.2) is 10.2 Å². The molecule has 0 saturated heterocycles. The van der Waals surface area contributed by atoms with Crippen LogP contribution >= 0.6 is 11.6 Å². The molecule has 0 bridgehead atoms. The molecule has 0 atom stereocenters. The predicted octanol–water partition coefficient (Wildman–Crippen LogP) is 3.51. The van der Waals surface area contributed by atoms with Gasteiger partial charge in [0.25, 0.3) is 5.91 Å². The molecule has 0 fully saturated rings. The maximum Gasteiger partial charge on any atom is 0.332 e. The van der Waals surface area contributed by atoms with Gasteiger partial charge in [-0.2, -0.15) is 5.10 Å². The van der Waals surface area contributed by atoms with Crippen LogP contribution in [-0.4, -0.2) is 17.6 Å². The first-order valence-corrected chi connectivity index (χ1v) is 8.56. The number of fused-ring (bicyclic) bond motifs is 1. The number of nitrogens with zero attached hydrogens (tertiary/aromatic N) is 1. The smallest absolute Gasteiger partial charge is 0.332 e. The molecule has 1 aromatic heterocycles. The Morgan fingerprint density at radius 3 is 2.77 bits per heavy atom. The van der Waals surface area contributed by atoms with Gasteiger partial charge < -0.3 is 15.5 Å². The van der Waals surface area contributed by atoms with Gasteiger partial charge in [0.2, 0.25) is 0 Å². The molecule has 1 heterocycles. The number of carbonyl (C=O) groups excluding carboxylic acids is 2. The van der Waals surface area contributed by atoms with Crippen LogP contribution in [0.25, 0.3) is 0 Å². The van der Waals surface area contributed by atoms with E-state index in [1.165, 1.54) is 0 Å². The van der Waals surface area contributed by atoms with Crippen LogP contribution in [0, 0.1) is 13.8 Å². The molecule has 0 spiro atoms. The predicted molar refractivity (Wildman–Crippen MR) is 99.8 cm³/mol. The first kappa shape index (κ1) is 18.0. The van der Waals surface area contributed by atoms with Crippen molar-refractivity contribution in [1.82, 2.24) is 5.43 Å². The van der Waals surface area contributed by atoms with E-state index in [1.54, 1.807) is 19.1 Å². The average Bonchev–Trinajstić information content (AvgIpc) is 2.94. The number of nitrogens with one attached hydrogen (secondary N) is 2. The Labute approximate surface area is 155 Å². The van der Waals surface area contributed by atoms with Crippen LogP contribution in [0.1, 0.15) is 45.8 Å². The molecule has 3 amide bonds. The highest BCUT2D eigenvalue weighted by Crippen LogP contribution is 2.30. The lowest BCUT2D eigenvalue weighted by atomic mass is 9.93. The number of rotatable bonds is 3. The van der Waals surface area contributed by atoms with Gasteiger partial charge in [-0.05, 0) is 44.4 Å². The van der Waals surface area contributed by atoms with Crippen molar-refractivity contribution < 1.29 is 14.0 Å². The highest BCUT2D eigenvalue weighted by Gasteiger charge is 2.28. The van der Waals surface area contributed by atoms with E-state index in [0.717, 1.165) is 17.5 Å². The molecule has 3 rings (SSSR count). The average molecular weight is 375 g/mol. The van der Waals surface area contributed by atoms with E-state index in [0.29, 0.717) is 40.6 Å². The Morgan fingerprint density at radius 2 is 2.04 bits per heavy atom. The van der Waals surface area contributed by atoms with Gasteiger partial charge in [0.1, 0.15) is 5.76 Å². The quantitative estimate of drug-likeness (QED) is 0.715. The van der Waals surface area contributed by atoms with Gasteiger partial charge in [-0.3, -0.25) is 4.79 Å². The summed E-state index contributed by atoms with van der Waals surface area (Å²) >= 11 is 6.00. The summed E-state index contributed by atoms with van der Waals surface area (Å²) in [5, 5.41) is 7.42. The van der Waals surface area contributed by atoms with Gasteiger partial charge in [-0.1, -0.05) is 17.7 Å². The topological polar surface area (TPSA) is 110 Å². The van der Waals surface area contributed by atoms with Crippen molar-refractivity contribution in [3.63, 3.8) is 0 Å². The molecule has 1 aliphatic carbocycles. The van der Waals surface area contributed by atoms with Crippen molar-refractivity contribution in [3.05, 3.63) is 51.4 Å². The summed E-state index contributed by atoms with van der Waals surface area (Å²) in [6.45, 7) is 3.68. The number of primary amides is 1. The summed E-state index contributed by atoms with van der Waals surface area (Å²) in [6.07, 6.45) is 2.19. The molecule has 26 heavy (non-hydrogen) atoms. The van der Waals surface area contributed by atoms with Crippen molar-refractivity contribution in [2.24, 2.45) is 10.8 Å².